The first-order chi connectivity index (χ1) is 10.8. The lowest BCUT2D eigenvalue weighted by molar-refractivity contribution is 0.234. The van der Waals surface area contributed by atoms with Gasteiger partial charge in [0.05, 0.1) is 4.90 Å². The molecule has 0 atom stereocenters. The zero-order valence-corrected chi connectivity index (χ0v) is 13.7. The molecule has 0 aliphatic heterocycles. The Morgan fingerprint density at radius 1 is 1.17 bits per heavy atom. The van der Waals surface area contributed by atoms with E-state index in [-0.39, 0.29) is 0 Å². The Kier molecular flexibility index (Phi) is 5.35. The van der Waals surface area contributed by atoms with Gasteiger partial charge in [-0.1, -0.05) is 13.8 Å². The minimum Gasteiger partial charge on any atom is -0.339 e. The van der Waals surface area contributed by atoms with Crippen molar-refractivity contribution in [3.05, 3.63) is 36.5 Å². The Hall–Kier alpha value is -1.96. The van der Waals surface area contributed by atoms with Crippen molar-refractivity contribution in [3.8, 4) is 0 Å². The van der Waals surface area contributed by atoms with E-state index in [0.29, 0.717) is 17.4 Å². The highest BCUT2D eigenvalue weighted by molar-refractivity contribution is 7.91. The molecule has 1 heterocycles. The van der Waals surface area contributed by atoms with Crippen LogP contribution in [0.3, 0.4) is 0 Å². The molecule has 0 fully saturated rings. The Bertz CT molecular complexity index is 740. The fourth-order valence-corrected chi connectivity index (χ4v) is 2.64. The zero-order chi connectivity index (χ0) is 17.0. The highest BCUT2D eigenvalue weighted by Gasteiger charge is 2.26. The number of alkyl halides is 2. The van der Waals surface area contributed by atoms with Gasteiger partial charge >= 0.3 is 5.76 Å². The van der Waals surface area contributed by atoms with Gasteiger partial charge in [-0.2, -0.15) is 13.9 Å². The summed E-state index contributed by atoms with van der Waals surface area (Å²) < 4.78 is 49.4. The third kappa shape index (κ3) is 4.51. The van der Waals surface area contributed by atoms with Crippen LogP contribution in [0, 0.1) is 5.92 Å². The molecule has 5 nitrogen and oxygen atoms in total. The van der Waals surface area contributed by atoms with Crippen LogP contribution in [-0.4, -0.2) is 24.0 Å². The van der Waals surface area contributed by atoms with E-state index in [2.05, 4.69) is 24.3 Å². The van der Waals surface area contributed by atoms with Crippen molar-refractivity contribution in [2.24, 2.45) is 5.92 Å². The number of rotatable bonds is 7. The first kappa shape index (κ1) is 17.4. The van der Waals surface area contributed by atoms with E-state index in [1.807, 2.05) is 10.9 Å². The van der Waals surface area contributed by atoms with Crippen LogP contribution < -0.4 is 5.32 Å². The molecule has 0 radical (unpaired) electrons. The van der Waals surface area contributed by atoms with Crippen LogP contribution in [0.2, 0.25) is 0 Å². The van der Waals surface area contributed by atoms with E-state index in [1.54, 1.807) is 6.07 Å². The van der Waals surface area contributed by atoms with Crippen LogP contribution >= 0.6 is 0 Å². The maximum atomic E-state index is 12.5. The summed E-state index contributed by atoms with van der Waals surface area (Å²) in [7, 11) is -4.56. The molecule has 8 heteroatoms. The molecule has 126 valence electrons. The number of benzene rings is 1. The van der Waals surface area contributed by atoms with Gasteiger partial charge in [-0.3, -0.25) is 4.68 Å². The number of nitrogens with zero attached hydrogens (tertiary/aromatic N) is 2. The van der Waals surface area contributed by atoms with Crippen LogP contribution in [0.4, 0.5) is 20.3 Å². The topological polar surface area (TPSA) is 64.0 Å². The standard InChI is InChI=1S/C15H19F2N3O2S/c1-11(2)7-9-20-10-8-14(19-20)18-12-3-5-13(6-4-12)23(21,22)15(16)17/h3-6,8,10-11,15H,7,9H2,1-2H3,(H,18,19). The lowest BCUT2D eigenvalue weighted by Gasteiger charge is -2.06. The van der Waals surface area contributed by atoms with Crippen LogP contribution in [-0.2, 0) is 16.4 Å². The van der Waals surface area contributed by atoms with E-state index >= 15 is 0 Å². The Morgan fingerprint density at radius 2 is 1.83 bits per heavy atom. The van der Waals surface area contributed by atoms with Gasteiger partial charge < -0.3 is 5.32 Å². The quantitative estimate of drug-likeness (QED) is 0.833. The van der Waals surface area contributed by atoms with Crippen molar-refractivity contribution < 1.29 is 17.2 Å². The summed E-state index contributed by atoms with van der Waals surface area (Å²) in [6, 6.07) is 6.97. The second kappa shape index (κ2) is 7.08. The van der Waals surface area contributed by atoms with Gasteiger partial charge in [-0.25, -0.2) is 8.42 Å². The van der Waals surface area contributed by atoms with Crippen molar-refractivity contribution in [1.29, 1.82) is 0 Å². The first-order valence-electron chi connectivity index (χ1n) is 7.21. The molecule has 1 aromatic heterocycles. The predicted octanol–water partition coefficient (Wildman–Crippen LogP) is 3.67. The van der Waals surface area contributed by atoms with Crippen molar-refractivity contribution in [3.63, 3.8) is 0 Å². The van der Waals surface area contributed by atoms with Gasteiger partial charge in [0.1, 0.15) is 0 Å². The molecule has 0 saturated heterocycles. The van der Waals surface area contributed by atoms with Gasteiger partial charge in [0.2, 0.25) is 9.84 Å². The second-order valence-electron chi connectivity index (χ2n) is 5.60. The Balaban J connectivity index is 2.04. The number of anilines is 2. The largest absolute Gasteiger partial charge is 0.341 e. The summed E-state index contributed by atoms with van der Waals surface area (Å²) >= 11 is 0. The molecule has 0 spiro atoms. The molecule has 0 bridgehead atoms. The van der Waals surface area contributed by atoms with E-state index < -0.39 is 20.5 Å². The molecular weight excluding hydrogens is 324 g/mol. The van der Waals surface area contributed by atoms with Crippen molar-refractivity contribution in [2.45, 2.75) is 37.5 Å². The maximum Gasteiger partial charge on any atom is 0.341 e. The number of nitrogens with one attached hydrogen (secondary N) is 1. The molecule has 0 aliphatic rings. The summed E-state index contributed by atoms with van der Waals surface area (Å²) in [4.78, 5) is -0.402. The van der Waals surface area contributed by atoms with Gasteiger partial charge in [0, 0.05) is 24.5 Å². The molecule has 0 unspecified atom stereocenters. The van der Waals surface area contributed by atoms with Crippen LogP contribution in [0.5, 0.6) is 0 Å². The van der Waals surface area contributed by atoms with E-state index in [4.69, 9.17) is 0 Å². The van der Waals surface area contributed by atoms with E-state index in [9.17, 15) is 17.2 Å². The fourth-order valence-electron chi connectivity index (χ4n) is 1.92. The third-order valence-corrected chi connectivity index (χ3v) is 4.66. The normalized spacial score (nSPS) is 12.1. The average molecular weight is 343 g/mol. The first-order valence-corrected chi connectivity index (χ1v) is 8.76. The fraction of sp³-hybridized carbons (Fsp3) is 0.400. The van der Waals surface area contributed by atoms with Crippen molar-refractivity contribution in [1.82, 2.24) is 9.78 Å². The molecule has 0 saturated carbocycles. The molecule has 0 amide bonds. The van der Waals surface area contributed by atoms with Gasteiger partial charge in [-0.15, -0.1) is 0 Å². The molecule has 2 aromatic rings. The van der Waals surface area contributed by atoms with Crippen molar-refractivity contribution in [2.75, 3.05) is 5.32 Å². The highest BCUT2D eigenvalue weighted by atomic mass is 32.2. The minimum absolute atomic E-state index is 0.402. The SMILES string of the molecule is CC(C)CCn1ccc(Nc2ccc(S(=O)(=O)C(F)F)cc2)n1. The smallest absolute Gasteiger partial charge is 0.339 e. The van der Waals surface area contributed by atoms with E-state index in [0.717, 1.165) is 25.1 Å². The lowest BCUT2D eigenvalue weighted by Crippen LogP contribution is -2.11. The summed E-state index contributed by atoms with van der Waals surface area (Å²) in [6.07, 6.45) is 2.86. The molecule has 0 aliphatic carbocycles. The van der Waals surface area contributed by atoms with Gasteiger partial charge in [0.25, 0.3) is 0 Å². The van der Waals surface area contributed by atoms with Crippen LogP contribution in [0.1, 0.15) is 20.3 Å². The van der Waals surface area contributed by atoms with Crippen LogP contribution in [0.25, 0.3) is 0 Å². The maximum absolute atomic E-state index is 12.5. The molecular formula is C15H19F2N3O2S. The predicted molar refractivity (Wildman–Crippen MR) is 84.6 cm³/mol. The zero-order valence-electron chi connectivity index (χ0n) is 12.9. The number of aromatic nitrogens is 2. The molecule has 1 N–H and O–H groups in total. The van der Waals surface area contributed by atoms with Gasteiger partial charge in [0.15, 0.2) is 5.82 Å². The number of halogens is 2. The van der Waals surface area contributed by atoms with Crippen molar-refractivity contribution >= 4 is 21.3 Å². The Labute approximate surface area is 134 Å². The monoisotopic (exact) mass is 343 g/mol. The van der Waals surface area contributed by atoms with Gasteiger partial charge in [-0.05, 0) is 36.6 Å². The average Bonchev–Trinajstić information content (AvgIpc) is 2.93. The summed E-state index contributed by atoms with van der Waals surface area (Å²) in [5.74, 6) is -2.23. The number of sulfone groups is 1. The number of hydrogen-bond acceptors (Lipinski definition) is 4. The van der Waals surface area contributed by atoms with Crippen LogP contribution in [0.15, 0.2) is 41.4 Å². The molecule has 23 heavy (non-hydrogen) atoms. The highest BCUT2D eigenvalue weighted by Crippen LogP contribution is 2.21. The third-order valence-electron chi connectivity index (χ3n) is 3.27. The number of hydrogen-bond donors (Lipinski definition) is 1. The lowest BCUT2D eigenvalue weighted by atomic mass is 10.1. The summed E-state index contributed by atoms with van der Waals surface area (Å²) in [5, 5.41) is 7.35. The molecule has 2 rings (SSSR count). The summed E-state index contributed by atoms with van der Waals surface area (Å²) in [5.41, 5.74) is 0.576. The summed E-state index contributed by atoms with van der Waals surface area (Å²) in [6.45, 7) is 5.08. The Morgan fingerprint density at radius 3 is 2.39 bits per heavy atom. The van der Waals surface area contributed by atoms with E-state index in [1.165, 1.54) is 12.1 Å². The number of aryl methyl sites for hydroxylation is 1. The molecule has 1 aromatic carbocycles. The second-order valence-corrected chi connectivity index (χ2v) is 7.52. The minimum atomic E-state index is -4.56.